The number of amides is 2. The topological polar surface area (TPSA) is 66.7 Å². The van der Waals surface area contributed by atoms with Gasteiger partial charge in [0.2, 0.25) is 5.91 Å². The average molecular weight is 354 g/mol. The molecule has 0 radical (unpaired) electrons. The number of fused-ring (bicyclic) bond motifs is 1. The summed E-state index contributed by atoms with van der Waals surface area (Å²) in [6, 6.07) is 9.04. The third kappa shape index (κ3) is 3.15. The van der Waals surface area contributed by atoms with Gasteiger partial charge in [0, 0.05) is 18.9 Å². The number of likely N-dealkylation sites (tertiary alicyclic amines) is 1. The van der Waals surface area contributed by atoms with Crippen molar-refractivity contribution >= 4 is 28.8 Å². The minimum absolute atomic E-state index is 0.0552. The first-order valence-electron chi connectivity index (χ1n) is 8.27. The summed E-state index contributed by atoms with van der Waals surface area (Å²) >= 11 is 1.41. The molecule has 0 saturated carbocycles. The van der Waals surface area contributed by atoms with Crippen molar-refractivity contribution in [3.63, 3.8) is 0 Å². The van der Waals surface area contributed by atoms with E-state index in [0.717, 1.165) is 17.8 Å². The minimum Gasteiger partial charge on any atom is -0.349 e. The summed E-state index contributed by atoms with van der Waals surface area (Å²) in [6.45, 7) is 0.987. The van der Waals surface area contributed by atoms with Crippen molar-refractivity contribution in [2.45, 2.75) is 25.4 Å². The van der Waals surface area contributed by atoms with E-state index in [2.05, 4.69) is 10.3 Å². The zero-order chi connectivity index (χ0) is 17.2. The first kappa shape index (κ1) is 15.8. The summed E-state index contributed by atoms with van der Waals surface area (Å²) < 4.78 is 1.92. The van der Waals surface area contributed by atoms with Gasteiger partial charge in [0.25, 0.3) is 5.91 Å². The van der Waals surface area contributed by atoms with E-state index < -0.39 is 6.04 Å². The highest BCUT2D eigenvalue weighted by Gasteiger charge is 2.34. The van der Waals surface area contributed by atoms with Gasteiger partial charge in [0.1, 0.15) is 11.7 Å². The lowest BCUT2D eigenvalue weighted by molar-refractivity contribution is -0.125. The van der Waals surface area contributed by atoms with E-state index in [1.165, 1.54) is 11.3 Å². The van der Waals surface area contributed by atoms with Crippen LogP contribution in [0.3, 0.4) is 0 Å². The molecule has 1 aliphatic rings. The van der Waals surface area contributed by atoms with E-state index in [1.54, 1.807) is 11.0 Å². The number of pyridine rings is 1. The maximum atomic E-state index is 12.6. The van der Waals surface area contributed by atoms with Crippen LogP contribution in [0.5, 0.6) is 0 Å². The maximum absolute atomic E-state index is 12.6. The molecule has 1 fully saturated rings. The molecule has 1 unspecified atom stereocenters. The Labute approximate surface area is 149 Å². The molecule has 2 amide bonds. The summed E-state index contributed by atoms with van der Waals surface area (Å²) in [5.74, 6) is -0.167. The van der Waals surface area contributed by atoms with Crippen LogP contribution in [0.15, 0.2) is 48.1 Å². The molecule has 1 atom stereocenters. The second-order valence-corrected chi connectivity index (χ2v) is 7.00. The lowest BCUT2D eigenvalue weighted by Gasteiger charge is -2.23. The Hall–Kier alpha value is -2.67. The Morgan fingerprint density at radius 2 is 2.20 bits per heavy atom. The second-order valence-electron chi connectivity index (χ2n) is 6.05. The Morgan fingerprint density at radius 1 is 1.28 bits per heavy atom. The van der Waals surface area contributed by atoms with E-state index in [1.807, 2.05) is 46.4 Å². The Balaban J connectivity index is 1.42. The molecule has 1 N–H and O–H groups in total. The van der Waals surface area contributed by atoms with Gasteiger partial charge >= 0.3 is 0 Å². The summed E-state index contributed by atoms with van der Waals surface area (Å²) in [5.41, 5.74) is 1.65. The highest BCUT2D eigenvalue weighted by molar-refractivity contribution is 7.12. The van der Waals surface area contributed by atoms with Gasteiger partial charge in [-0.3, -0.25) is 9.59 Å². The molecule has 4 heterocycles. The molecular formula is C18H18N4O2S. The van der Waals surface area contributed by atoms with E-state index in [-0.39, 0.29) is 11.8 Å². The second kappa shape index (κ2) is 6.68. The van der Waals surface area contributed by atoms with Crippen LogP contribution >= 0.6 is 11.3 Å². The largest absolute Gasteiger partial charge is 0.349 e. The molecule has 7 heteroatoms. The Bertz CT molecular complexity index is 870. The SMILES string of the molecule is O=C(NCc1cn2ccccc2n1)C1CCCN1C(=O)c1cccs1. The summed E-state index contributed by atoms with van der Waals surface area (Å²) in [4.78, 5) is 32.0. The number of rotatable bonds is 4. The van der Waals surface area contributed by atoms with Crippen molar-refractivity contribution in [2.24, 2.45) is 0 Å². The van der Waals surface area contributed by atoms with Crippen molar-refractivity contribution in [2.75, 3.05) is 6.54 Å². The molecule has 3 aromatic heterocycles. The zero-order valence-electron chi connectivity index (χ0n) is 13.6. The molecule has 1 saturated heterocycles. The lowest BCUT2D eigenvalue weighted by atomic mass is 10.2. The lowest BCUT2D eigenvalue weighted by Crippen LogP contribution is -2.45. The Morgan fingerprint density at radius 3 is 3.00 bits per heavy atom. The van der Waals surface area contributed by atoms with Crippen LogP contribution in [0, 0.1) is 0 Å². The number of thiophene rings is 1. The van der Waals surface area contributed by atoms with Crippen LogP contribution in [0.25, 0.3) is 5.65 Å². The number of imidazole rings is 1. The van der Waals surface area contributed by atoms with E-state index in [0.29, 0.717) is 24.4 Å². The van der Waals surface area contributed by atoms with Crippen molar-refractivity contribution in [1.82, 2.24) is 19.6 Å². The molecule has 6 nitrogen and oxygen atoms in total. The predicted octanol–water partition coefficient (Wildman–Crippen LogP) is 2.32. The van der Waals surface area contributed by atoms with Gasteiger partial charge < -0.3 is 14.6 Å². The van der Waals surface area contributed by atoms with Gasteiger partial charge in [0.05, 0.1) is 17.1 Å². The van der Waals surface area contributed by atoms with Gasteiger partial charge in [-0.15, -0.1) is 11.3 Å². The van der Waals surface area contributed by atoms with E-state index in [9.17, 15) is 9.59 Å². The van der Waals surface area contributed by atoms with Crippen LogP contribution in [0.4, 0.5) is 0 Å². The average Bonchev–Trinajstić information content (AvgIpc) is 3.38. The smallest absolute Gasteiger partial charge is 0.264 e. The van der Waals surface area contributed by atoms with Crippen LogP contribution < -0.4 is 5.32 Å². The van der Waals surface area contributed by atoms with Gasteiger partial charge in [-0.1, -0.05) is 12.1 Å². The van der Waals surface area contributed by atoms with Gasteiger partial charge in [0.15, 0.2) is 0 Å². The monoisotopic (exact) mass is 354 g/mol. The quantitative estimate of drug-likeness (QED) is 0.782. The minimum atomic E-state index is -0.397. The number of carbonyl (C=O) groups is 2. The summed E-state index contributed by atoms with van der Waals surface area (Å²) in [5, 5.41) is 4.80. The number of hydrogen-bond acceptors (Lipinski definition) is 4. The molecular weight excluding hydrogens is 336 g/mol. The summed E-state index contributed by atoms with van der Waals surface area (Å²) in [7, 11) is 0. The molecule has 25 heavy (non-hydrogen) atoms. The highest BCUT2D eigenvalue weighted by atomic mass is 32.1. The van der Waals surface area contributed by atoms with Crippen LogP contribution in [-0.2, 0) is 11.3 Å². The third-order valence-corrected chi connectivity index (χ3v) is 5.26. The van der Waals surface area contributed by atoms with Crippen molar-refractivity contribution in [3.8, 4) is 0 Å². The van der Waals surface area contributed by atoms with Crippen LogP contribution in [-0.4, -0.2) is 38.7 Å². The molecule has 0 aliphatic carbocycles. The third-order valence-electron chi connectivity index (χ3n) is 4.41. The predicted molar refractivity (Wildman–Crippen MR) is 95.4 cm³/mol. The fourth-order valence-electron chi connectivity index (χ4n) is 3.19. The van der Waals surface area contributed by atoms with Crippen molar-refractivity contribution in [3.05, 3.63) is 58.7 Å². The number of nitrogens with one attached hydrogen (secondary N) is 1. The molecule has 3 aromatic rings. The molecule has 4 rings (SSSR count). The standard InChI is InChI=1S/C18H18N4O2S/c23-17(19-11-13-12-21-8-2-1-7-16(21)20-13)14-5-3-9-22(14)18(24)15-6-4-10-25-15/h1-2,4,6-8,10,12,14H,3,5,9,11H2,(H,19,23). The van der Waals surface area contributed by atoms with E-state index in [4.69, 9.17) is 0 Å². The fourth-order valence-corrected chi connectivity index (χ4v) is 3.87. The Kier molecular flexibility index (Phi) is 4.23. The molecule has 0 spiro atoms. The molecule has 128 valence electrons. The van der Waals surface area contributed by atoms with Gasteiger partial charge in [-0.2, -0.15) is 0 Å². The summed E-state index contributed by atoms with van der Waals surface area (Å²) in [6.07, 6.45) is 5.38. The highest BCUT2D eigenvalue weighted by Crippen LogP contribution is 2.22. The zero-order valence-corrected chi connectivity index (χ0v) is 14.4. The molecule has 0 aromatic carbocycles. The van der Waals surface area contributed by atoms with Gasteiger partial charge in [-0.25, -0.2) is 4.98 Å². The first-order chi connectivity index (χ1) is 12.2. The van der Waals surface area contributed by atoms with Crippen molar-refractivity contribution < 1.29 is 9.59 Å². The maximum Gasteiger partial charge on any atom is 0.264 e. The normalized spacial score (nSPS) is 17.1. The number of aromatic nitrogens is 2. The van der Waals surface area contributed by atoms with Crippen LogP contribution in [0.2, 0.25) is 0 Å². The molecule has 0 bridgehead atoms. The number of carbonyl (C=O) groups excluding carboxylic acids is 2. The van der Waals surface area contributed by atoms with Crippen LogP contribution in [0.1, 0.15) is 28.2 Å². The number of nitrogens with zero attached hydrogens (tertiary/aromatic N) is 3. The van der Waals surface area contributed by atoms with Gasteiger partial charge in [-0.05, 0) is 36.4 Å². The van der Waals surface area contributed by atoms with E-state index >= 15 is 0 Å². The first-order valence-corrected chi connectivity index (χ1v) is 9.15. The number of hydrogen-bond donors (Lipinski definition) is 1. The van der Waals surface area contributed by atoms with Crippen molar-refractivity contribution in [1.29, 1.82) is 0 Å². The molecule has 1 aliphatic heterocycles. The fraction of sp³-hybridized carbons (Fsp3) is 0.278.